The van der Waals surface area contributed by atoms with Gasteiger partial charge in [0, 0.05) is 18.7 Å². The molecule has 0 bridgehead atoms. The number of benzene rings is 2. The summed E-state index contributed by atoms with van der Waals surface area (Å²) in [5, 5.41) is 22.5. The van der Waals surface area contributed by atoms with Crippen molar-refractivity contribution in [3.05, 3.63) is 81.4 Å². The molecule has 0 heterocycles. The van der Waals surface area contributed by atoms with Crippen molar-refractivity contribution in [3.63, 3.8) is 0 Å². The lowest BCUT2D eigenvalue weighted by atomic mass is 10.1. The zero-order chi connectivity index (χ0) is 19.6. The highest BCUT2D eigenvalue weighted by Crippen LogP contribution is 2.19. The molecule has 0 aromatic heterocycles. The summed E-state index contributed by atoms with van der Waals surface area (Å²) in [7, 11) is 0. The van der Waals surface area contributed by atoms with E-state index >= 15 is 0 Å². The van der Waals surface area contributed by atoms with E-state index in [2.05, 4.69) is 5.32 Å². The number of nitro groups is 1. The Bertz CT molecular complexity index is 849. The van der Waals surface area contributed by atoms with Crippen molar-refractivity contribution < 1.29 is 24.4 Å². The van der Waals surface area contributed by atoms with Gasteiger partial charge in [-0.15, -0.1) is 0 Å². The number of carboxylic acids is 1. The molecular formula is C19H18N2O6. The van der Waals surface area contributed by atoms with Crippen LogP contribution in [0.1, 0.15) is 27.9 Å². The van der Waals surface area contributed by atoms with Crippen LogP contribution in [-0.4, -0.2) is 28.6 Å². The molecule has 1 amide bonds. The van der Waals surface area contributed by atoms with E-state index in [4.69, 9.17) is 9.84 Å². The molecule has 0 aliphatic carbocycles. The number of amides is 1. The number of nitrogens with one attached hydrogen (secondary N) is 1. The van der Waals surface area contributed by atoms with Crippen molar-refractivity contribution >= 4 is 23.8 Å². The Labute approximate surface area is 155 Å². The number of carboxylic acid groups (broad SMARTS) is 1. The Balaban J connectivity index is 1.83. The maximum Gasteiger partial charge on any atom is 0.407 e. The number of alkyl carbamates (subject to hydrolysis) is 1. The van der Waals surface area contributed by atoms with E-state index in [-0.39, 0.29) is 30.0 Å². The molecule has 0 saturated carbocycles. The fourth-order valence-electron chi connectivity index (χ4n) is 2.24. The van der Waals surface area contributed by atoms with Gasteiger partial charge in [0.05, 0.1) is 10.5 Å². The van der Waals surface area contributed by atoms with Crippen LogP contribution in [-0.2, 0) is 11.3 Å². The average molecular weight is 370 g/mol. The predicted molar refractivity (Wildman–Crippen MR) is 98.3 cm³/mol. The van der Waals surface area contributed by atoms with Crippen molar-refractivity contribution in [1.29, 1.82) is 0 Å². The van der Waals surface area contributed by atoms with E-state index in [1.54, 1.807) is 6.08 Å². The molecule has 0 radical (unpaired) electrons. The highest BCUT2D eigenvalue weighted by Gasteiger charge is 2.13. The topological polar surface area (TPSA) is 119 Å². The van der Waals surface area contributed by atoms with Gasteiger partial charge in [-0.05, 0) is 23.6 Å². The highest BCUT2D eigenvalue weighted by molar-refractivity contribution is 5.92. The van der Waals surface area contributed by atoms with Crippen LogP contribution in [0.15, 0.2) is 54.6 Å². The van der Waals surface area contributed by atoms with Gasteiger partial charge in [-0.2, -0.15) is 0 Å². The van der Waals surface area contributed by atoms with E-state index in [1.165, 1.54) is 18.2 Å². The summed E-state index contributed by atoms with van der Waals surface area (Å²) in [6, 6.07) is 12.8. The van der Waals surface area contributed by atoms with Gasteiger partial charge in [-0.1, -0.05) is 42.5 Å². The third-order valence-corrected chi connectivity index (χ3v) is 3.57. The van der Waals surface area contributed by atoms with Crippen molar-refractivity contribution in [2.45, 2.75) is 13.0 Å². The van der Waals surface area contributed by atoms with E-state index in [0.717, 1.165) is 11.6 Å². The van der Waals surface area contributed by atoms with E-state index in [1.807, 2.05) is 30.3 Å². The number of carbonyl (C=O) groups is 2. The lowest BCUT2D eigenvalue weighted by Gasteiger charge is -2.06. The number of hydrogen-bond acceptors (Lipinski definition) is 5. The van der Waals surface area contributed by atoms with E-state index in [9.17, 15) is 19.7 Å². The molecule has 2 rings (SSSR count). The van der Waals surface area contributed by atoms with Crippen LogP contribution in [0.25, 0.3) is 6.08 Å². The largest absolute Gasteiger partial charge is 0.478 e. The number of hydrogen-bond donors (Lipinski definition) is 2. The summed E-state index contributed by atoms with van der Waals surface area (Å²) >= 11 is 0. The third kappa shape index (κ3) is 6.28. The molecule has 0 fully saturated rings. The second-order valence-electron chi connectivity index (χ2n) is 5.51. The first-order valence-electron chi connectivity index (χ1n) is 8.10. The first kappa shape index (κ1) is 19.6. The summed E-state index contributed by atoms with van der Waals surface area (Å²) in [5.74, 6) is -1.17. The highest BCUT2D eigenvalue weighted by atomic mass is 16.6. The molecule has 2 N–H and O–H groups in total. The van der Waals surface area contributed by atoms with Crippen molar-refractivity contribution in [2.75, 3.05) is 6.54 Å². The molecule has 2 aromatic carbocycles. The summed E-state index contributed by atoms with van der Waals surface area (Å²) in [6.45, 7) is 0.444. The molecule has 8 heteroatoms. The normalized spacial score (nSPS) is 10.5. The SMILES string of the molecule is O=C(NCCC=Cc1cc([N+](=O)[O-])ccc1C(=O)O)OCc1ccccc1. The zero-order valence-electron chi connectivity index (χ0n) is 14.3. The van der Waals surface area contributed by atoms with Crippen LogP contribution < -0.4 is 5.32 Å². The monoisotopic (exact) mass is 370 g/mol. The van der Waals surface area contributed by atoms with Gasteiger partial charge in [0.15, 0.2) is 0 Å². The fourth-order valence-corrected chi connectivity index (χ4v) is 2.24. The number of aromatic carboxylic acids is 1. The fraction of sp³-hybridized carbons (Fsp3) is 0.158. The summed E-state index contributed by atoms with van der Waals surface area (Å²) < 4.78 is 5.06. The zero-order valence-corrected chi connectivity index (χ0v) is 14.3. The van der Waals surface area contributed by atoms with Crippen LogP contribution in [0.3, 0.4) is 0 Å². The van der Waals surface area contributed by atoms with Gasteiger partial charge >= 0.3 is 12.1 Å². The van der Waals surface area contributed by atoms with Crippen LogP contribution in [0.2, 0.25) is 0 Å². The lowest BCUT2D eigenvalue weighted by Crippen LogP contribution is -2.24. The van der Waals surface area contributed by atoms with Gasteiger partial charge in [-0.25, -0.2) is 9.59 Å². The van der Waals surface area contributed by atoms with E-state index < -0.39 is 17.0 Å². The summed E-state index contributed by atoms with van der Waals surface area (Å²) in [6.07, 6.45) is 2.95. The van der Waals surface area contributed by atoms with Crippen LogP contribution in [0.4, 0.5) is 10.5 Å². The molecule has 8 nitrogen and oxygen atoms in total. The Kier molecular flexibility index (Phi) is 7.07. The Morgan fingerprint density at radius 2 is 1.93 bits per heavy atom. The molecular weight excluding hydrogens is 352 g/mol. The molecule has 27 heavy (non-hydrogen) atoms. The molecule has 2 aromatic rings. The number of rotatable bonds is 8. The third-order valence-electron chi connectivity index (χ3n) is 3.57. The number of nitrogens with zero attached hydrogens (tertiary/aromatic N) is 1. The van der Waals surface area contributed by atoms with Gasteiger partial charge in [-0.3, -0.25) is 10.1 Å². The molecule has 0 aliphatic heterocycles. The maximum absolute atomic E-state index is 11.6. The van der Waals surface area contributed by atoms with Crippen molar-refractivity contribution in [2.24, 2.45) is 0 Å². The second-order valence-corrected chi connectivity index (χ2v) is 5.51. The molecule has 0 saturated heterocycles. The minimum atomic E-state index is -1.17. The Hall–Kier alpha value is -3.68. The molecule has 0 atom stereocenters. The van der Waals surface area contributed by atoms with Crippen molar-refractivity contribution in [3.8, 4) is 0 Å². The lowest BCUT2D eigenvalue weighted by molar-refractivity contribution is -0.384. The van der Waals surface area contributed by atoms with Crippen LogP contribution in [0, 0.1) is 10.1 Å². The standard InChI is InChI=1S/C19H18N2O6/c22-18(23)17-10-9-16(21(25)26)12-15(17)8-4-5-11-20-19(24)27-13-14-6-2-1-3-7-14/h1-4,6-10,12H,5,11,13H2,(H,20,24)(H,22,23). The van der Waals surface area contributed by atoms with Gasteiger partial charge < -0.3 is 15.2 Å². The maximum atomic E-state index is 11.6. The number of carbonyl (C=O) groups excluding carboxylic acids is 1. The summed E-state index contributed by atoms with van der Waals surface area (Å²) in [5.41, 5.74) is 0.872. The van der Waals surface area contributed by atoms with Gasteiger partial charge in [0.1, 0.15) is 6.61 Å². The predicted octanol–water partition coefficient (Wildman–Crippen LogP) is 3.62. The summed E-state index contributed by atoms with van der Waals surface area (Å²) in [4.78, 5) is 33.0. The molecule has 0 aliphatic rings. The van der Waals surface area contributed by atoms with Gasteiger partial charge in [0.2, 0.25) is 0 Å². The number of nitro benzene ring substituents is 1. The first-order valence-corrected chi connectivity index (χ1v) is 8.10. The quantitative estimate of drug-likeness (QED) is 0.416. The Morgan fingerprint density at radius 3 is 2.59 bits per heavy atom. The first-order chi connectivity index (χ1) is 13.0. The smallest absolute Gasteiger partial charge is 0.407 e. The van der Waals surface area contributed by atoms with Crippen LogP contribution >= 0.6 is 0 Å². The second kappa shape index (κ2) is 9.71. The molecule has 140 valence electrons. The Morgan fingerprint density at radius 1 is 1.19 bits per heavy atom. The van der Waals surface area contributed by atoms with Gasteiger partial charge in [0.25, 0.3) is 5.69 Å². The minimum Gasteiger partial charge on any atom is -0.478 e. The van der Waals surface area contributed by atoms with Crippen LogP contribution in [0.5, 0.6) is 0 Å². The number of ether oxygens (including phenoxy) is 1. The van der Waals surface area contributed by atoms with Crippen molar-refractivity contribution in [1.82, 2.24) is 5.32 Å². The minimum absolute atomic E-state index is 0.0351. The van der Waals surface area contributed by atoms with E-state index in [0.29, 0.717) is 6.42 Å². The number of non-ortho nitro benzene ring substituents is 1. The molecule has 0 spiro atoms. The molecule has 0 unspecified atom stereocenters. The average Bonchev–Trinajstić information content (AvgIpc) is 2.66.